The van der Waals surface area contributed by atoms with Crippen LogP contribution in [0.5, 0.6) is 23.0 Å². The molecule has 5 rings (SSSR count). The van der Waals surface area contributed by atoms with Crippen LogP contribution in [0.3, 0.4) is 0 Å². The predicted octanol–water partition coefficient (Wildman–Crippen LogP) is 6.19. The monoisotopic (exact) mass is 472 g/mol. The molecule has 2 aromatic rings. The van der Waals surface area contributed by atoms with E-state index in [0.29, 0.717) is 40.7 Å². The first-order valence-electron chi connectivity index (χ1n) is 11.2. The van der Waals surface area contributed by atoms with Crippen molar-refractivity contribution in [3.05, 3.63) is 52.6 Å². The van der Waals surface area contributed by atoms with Crippen molar-refractivity contribution >= 4 is 24.0 Å². The van der Waals surface area contributed by atoms with E-state index in [1.54, 1.807) is 19.2 Å². The van der Waals surface area contributed by atoms with Gasteiger partial charge in [-0.15, -0.1) is 0 Å². The van der Waals surface area contributed by atoms with Gasteiger partial charge in [0.25, 0.3) is 0 Å². The average molecular weight is 473 g/mol. The van der Waals surface area contributed by atoms with Crippen molar-refractivity contribution in [1.82, 2.24) is 0 Å². The summed E-state index contributed by atoms with van der Waals surface area (Å²) in [6.07, 6.45) is 3.97. The number of aryl methyl sites for hydroxylation is 1. The highest BCUT2D eigenvalue weighted by atomic mass is 32.2. The minimum Gasteiger partial charge on any atom is -0.496 e. The quantitative estimate of drug-likeness (QED) is 0.529. The number of carbonyl (C=O) groups excluding carboxylic acids is 1. The topological polar surface area (TPSA) is 54.0 Å². The summed E-state index contributed by atoms with van der Waals surface area (Å²) in [5.41, 5.74) is 2.51. The molecule has 0 saturated carbocycles. The predicted molar refractivity (Wildman–Crippen MR) is 129 cm³/mol. The van der Waals surface area contributed by atoms with E-state index in [9.17, 15) is 8.68 Å². The molecule has 0 saturated heterocycles. The molecule has 0 amide bonds. The van der Waals surface area contributed by atoms with Gasteiger partial charge in [0.2, 0.25) is 0 Å². The molecule has 33 heavy (non-hydrogen) atoms. The highest BCUT2D eigenvalue weighted by Gasteiger charge is 2.44. The molecule has 0 aliphatic carbocycles. The molecular formula is C26H29FO5S. The van der Waals surface area contributed by atoms with E-state index < -0.39 is 17.6 Å². The van der Waals surface area contributed by atoms with Crippen molar-refractivity contribution in [3.8, 4) is 23.0 Å². The fourth-order valence-electron chi connectivity index (χ4n) is 4.48. The Bertz CT molecular complexity index is 1090. The van der Waals surface area contributed by atoms with Gasteiger partial charge in [0.1, 0.15) is 41.3 Å². The number of Topliss-reactive ketones (excluding diaryl/α,β-unsaturated/α-hetero) is 1. The second-order valence-electron chi connectivity index (χ2n) is 8.47. The van der Waals surface area contributed by atoms with Crippen LogP contribution in [0.2, 0.25) is 0 Å². The summed E-state index contributed by atoms with van der Waals surface area (Å²) in [4.78, 5) is 13.6. The molecule has 2 atom stereocenters. The summed E-state index contributed by atoms with van der Waals surface area (Å²) < 4.78 is 36.5. The molecule has 3 heterocycles. The van der Waals surface area contributed by atoms with Crippen molar-refractivity contribution in [1.29, 1.82) is 0 Å². The van der Waals surface area contributed by atoms with Crippen LogP contribution in [0, 0.1) is 0 Å². The number of ether oxygens (including phenoxy) is 4. The highest BCUT2D eigenvalue weighted by molar-refractivity contribution is 7.94. The molecule has 0 N–H and O–H groups in total. The first-order valence-corrected chi connectivity index (χ1v) is 12.1. The van der Waals surface area contributed by atoms with Gasteiger partial charge in [0.05, 0.1) is 24.2 Å². The zero-order chi connectivity index (χ0) is 23.8. The van der Waals surface area contributed by atoms with Crippen molar-refractivity contribution in [3.63, 3.8) is 0 Å². The van der Waals surface area contributed by atoms with E-state index >= 15 is 0 Å². The summed E-state index contributed by atoms with van der Waals surface area (Å²) in [6.45, 7) is 8.21. The highest BCUT2D eigenvalue weighted by Crippen LogP contribution is 2.48. The Morgan fingerprint density at radius 1 is 1.21 bits per heavy atom. The standard InChI is InChI=1S/C24H23FO5S.C2H6/c1-24(2)8-6-14-17(30-24)5-4-15-22(26)21-16-10-13(7-9-31-25)18(27-3)11-19(16)28-12-20(21)29-23(14)15;1-2/h4-6,8,10-11,20-21H,7,9,12H2,1-3H3;1-2H3/t20-,21+;/m1./s1. The second kappa shape index (κ2) is 9.29. The van der Waals surface area contributed by atoms with Crippen LogP contribution < -0.4 is 18.9 Å². The fourth-order valence-corrected chi connectivity index (χ4v) is 4.77. The van der Waals surface area contributed by atoms with Gasteiger partial charge < -0.3 is 18.9 Å². The maximum Gasteiger partial charge on any atom is 0.178 e. The van der Waals surface area contributed by atoms with Gasteiger partial charge in [0.15, 0.2) is 5.78 Å². The largest absolute Gasteiger partial charge is 0.496 e. The number of fused-ring (bicyclic) bond motifs is 6. The lowest BCUT2D eigenvalue weighted by Gasteiger charge is -2.39. The first kappa shape index (κ1) is 23.5. The number of rotatable bonds is 4. The Morgan fingerprint density at radius 3 is 2.73 bits per heavy atom. The molecule has 3 aliphatic rings. The first-order chi connectivity index (χ1) is 15.9. The Balaban J connectivity index is 0.00000126. The molecule has 0 aromatic heterocycles. The van der Waals surface area contributed by atoms with E-state index in [1.807, 2.05) is 52.0 Å². The maximum atomic E-state index is 13.6. The normalized spacial score (nSPS) is 21.0. The molecule has 0 spiro atoms. The van der Waals surface area contributed by atoms with Crippen molar-refractivity contribution in [2.75, 3.05) is 19.5 Å². The lowest BCUT2D eigenvalue weighted by Crippen LogP contribution is -2.43. The van der Waals surface area contributed by atoms with E-state index in [4.69, 9.17) is 18.9 Å². The van der Waals surface area contributed by atoms with Crippen molar-refractivity contribution in [2.45, 2.75) is 51.7 Å². The smallest absolute Gasteiger partial charge is 0.178 e. The van der Waals surface area contributed by atoms with E-state index in [0.717, 1.165) is 16.7 Å². The van der Waals surface area contributed by atoms with Gasteiger partial charge in [-0.25, -0.2) is 0 Å². The lowest BCUT2D eigenvalue weighted by atomic mass is 9.80. The number of ketones is 1. The van der Waals surface area contributed by atoms with E-state index in [1.165, 1.54) is 0 Å². The van der Waals surface area contributed by atoms with Crippen LogP contribution in [0.25, 0.3) is 6.08 Å². The number of hydrogen-bond acceptors (Lipinski definition) is 6. The van der Waals surface area contributed by atoms with Gasteiger partial charge >= 0.3 is 0 Å². The van der Waals surface area contributed by atoms with Gasteiger partial charge in [-0.3, -0.25) is 4.79 Å². The minimum absolute atomic E-state index is 0.00665. The second-order valence-corrected chi connectivity index (χ2v) is 9.09. The van der Waals surface area contributed by atoms with Gasteiger partial charge in [-0.2, -0.15) is 3.89 Å². The van der Waals surface area contributed by atoms with Crippen LogP contribution >= 0.6 is 12.1 Å². The van der Waals surface area contributed by atoms with E-state index in [2.05, 4.69) is 0 Å². The molecule has 7 heteroatoms. The molecular weight excluding hydrogens is 443 g/mol. The lowest BCUT2D eigenvalue weighted by molar-refractivity contribution is 0.0553. The number of methoxy groups -OCH3 is 1. The molecule has 176 valence electrons. The zero-order valence-corrected chi connectivity index (χ0v) is 20.4. The van der Waals surface area contributed by atoms with Gasteiger partial charge in [-0.05, 0) is 56.2 Å². The van der Waals surface area contributed by atoms with Crippen LogP contribution in [-0.2, 0) is 6.42 Å². The third-order valence-electron chi connectivity index (χ3n) is 5.97. The van der Waals surface area contributed by atoms with E-state index in [-0.39, 0.29) is 24.5 Å². The number of benzene rings is 2. The molecule has 0 unspecified atom stereocenters. The minimum atomic E-state index is -0.484. The number of carbonyl (C=O) groups is 1. The Hall–Kier alpha value is -2.67. The number of halogens is 1. The Kier molecular flexibility index (Phi) is 6.61. The third-order valence-corrected chi connectivity index (χ3v) is 6.33. The van der Waals surface area contributed by atoms with Crippen LogP contribution in [0.1, 0.15) is 60.7 Å². The van der Waals surface area contributed by atoms with Gasteiger partial charge in [-0.1, -0.05) is 13.8 Å². The van der Waals surface area contributed by atoms with Gasteiger partial charge in [0, 0.05) is 29.5 Å². The molecule has 3 aliphatic heterocycles. The summed E-state index contributed by atoms with van der Waals surface area (Å²) >= 11 is 0.283. The molecule has 5 nitrogen and oxygen atoms in total. The van der Waals surface area contributed by atoms with Crippen LogP contribution in [0.15, 0.2) is 30.3 Å². The summed E-state index contributed by atoms with van der Waals surface area (Å²) in [6, 6.07) is 7.30. The van der Waals surface area contributed by atoms with Crippen molar-refractivity contribution in [2.24, 2.45) is 0 Å². The summed E-state index contributed by atoms with van der Waals surface area (Å²) in [5.74, 6) is 2.31. The SMILES string of the molecule is CC.COc1cc2c(cc1CCSF)[C@@H]1C(=O)c3ccc4c(c3O[C@@H]1CO2)C=CC(C)(C)O4. The maximum absolute atomic E-state index is 13.6. The van der Waals surface area contributed by atoms with Crippen LogP contribution in [0.4, 0.5) is 3.89 Å². The fraction of sp³-hybridized carbons (Fsp3) is 0.423. The average Bonchev–Trinajstić information content (AvgIpc) is 2.82. The Labute approximate surface area is 198 Å². The Morgan fingerprint density at radius 2 is 2.00 bits per heavy atom. The summed E-state index contributed by atoms with van der Waals surface area (Å²) in [5, 5.41) is 0. The molecule has 2 aromatic carbocycles. The summed E-state index contributed by atoms with van der Waals surface area (Å²) in [7, 11) is 1.57. The number of hydrogen-bond donors (Lipinski definition) is 0. The molecule has 0 bridgehead atoms. The van der Waals surface area contributed by atoms with Crippen LogP contribution in [-0.4, -0.2) is 37.0 Å². The molecule has 0 radical (unpaired) electrons. The zero-order valence-electron chi connectivity index (χ0n) is 19.6. The molecule has 0 fully saturated rings. The van der Waals surface area contributed by atoms with Crippen molar-refractivity contribution < 1.29 is 27.6 Å². The third kappa shape index (κ3) is 4.19.